The normalized spacial score (nSPS) is 16.9. The Morgan fingerprint density at radius 1 is 1.18 bits per heavy atom. The Hall–Kier alpha value is -2.55. The van der Waals surface area contributed by atoms with Gasteiger partial charge in [-0.2, -0.15) is 0 Å². The SMILES string of the molecule is Cc1ccc(/C=C/C(=O)NC2CCOc3ccccc32)cc1. The zero-order chi connectivity index (χ0) is 15.4. The monoisotopic (exact) mass is 293 g/mol. The molecule has 0 spiro atoms. The van der Waals surface area contributed by atoms with E-state index in [4.69, 9.17) is 4.74 Å². The van der Waals surface area contributed by atoms with E-state index in [9.17, 15) is 4.79 Å². The van der Waals surface area contributed by atoms with E-state index in [0.717, 1.165) is 23.3 Å². The molecule has 22 heavy (non-hydrogen) atoms. The zero-order valence-corrected chi connectivity index (χ0v) is 12.6. The quantitative estimate of drug-likeness (QED) is 0.877. The number of para-hydroxylation sites is 1. The van der Waals surface area contributed by atoms with E-state index in [0.29, 0.717) is 6.61 Å². The number of hydrogen-bond acceptors (Lipinski definition) is 2. The third kappa shape index (κ3) is 3.37. The highest BCUT2D eigenvalue weighted by atomic mass is 16.5. The Morgan fingerprint density at radius 3 is 2.77 bits per heavy atom. The molecule has 0 saturated carbocycles. The van der Waals surface area contributed by atoms with E-state index < -0.39 is 0 Å². The Morgan fingerprint density at radius 2 is 1.95 bits per heavy atom. The molecule has 0 saturated heterocycles. The van der Waals surface area contributed by atoms with Crippen molar-refractivity contribution in [2.24, 2.45) is 0 Å². The first-order valence-electron chi connectivity index (χ1n) is 7.49. The number of hydrogen-bond donors (Lipinski definition) is 1. The highest BCUT2D eigenvalue weighted by molar-refractivity contribution is 5.92. The van der Waals surface area contributed by atoms with Crippen LogP contribution in [0, 0.1) is 6.92 Å². The molecule has 1 N–H and O–H groups in total. The first-order chi connectivity index (χ1) is 10.7. The fourth-order valence-electron chi connectivity index (χ4n) is 2.56. The molecule has 1 atom stereocenters. The molecule has 1 aliphatic heterocycles. The first-order valence-corrected chi connectivity index (χ1v) is 7.49. The number of benzene rings is 2. The summed E-state index contributed by atoms with van der Waals surface area (Å²) in [5, 5.41) is 3.05. The number of carbonyl (C=O) groups excluding carboxylic acids is 1. The van der Waals surface area contributed by atoms with Crippen molar-refractivity contribution < 1.29 is 9.53 Å². The lowest BCUT2D eigenvalue weighted by atomic mass is 10.0. The summed E-state index contributed by atoms with van der Waals surface area (Å²) in [7, 11) is 0. The molecule has 0 bridgehead atoms. The number of rotatable bonds is 3. The van der Waals surface area contributed by atoms with Crippen LogP contribution in [0.15, 0.2) is 54.6 Å². The summed E-state index contributed by atoms with van der Waals surface area (Å²) < 4.78 is 5.61. The highest BCUT2D eigenvalue weighted by Crippen LogP contribution is 2.31. The van der Waals surface area contributed by atoms with Gasteiger partial charge in [-0.25, -0.2) is 0 Å². The van der Waals surface area contributed by atoms with Crippen LogP contribution in [0.25, 0.3) is 6.08 Å². The van der Waals surface area contributed by atoms with Crippen molar-refractivity contribution in [2.45, 2.75) is 19.4 Å². The predicted octanol–water partition coefficient (Wildman–Crippen LogP) is 3.65. The Kier molecular flexibility index (Phi) is 4.24. The molecule has 1 amide bonds. The van der Waals surface area contributed by atoms with Gasteiger partial charge in [-0.15, -0.1) is 0 Å². The predicted molar refractivity (Wildman–Crippen MR) is 87.7 cm³/mol. The summed E-state index contributed by atoms with van der Waals surface area (Å²) in [5.41, 5.74) is 3.28. The van der Waals surface area contributed by atoms with Gasteiger partial charge in [0.1, 0.15) is 5.75 Å². The lowest BCUT2D eigenvalue weighted by Crippen LogP contribution is -2.30. The van der Waals surface area contributed by atoms with Crippen molar-refractivity contribution in [2.75, 3.05) is 6.61 Å². The molecule has 0 aliphatic carbocycles. The van der Waals surface area contributed by atoms with Gasteiger partial charge >= 0.3 is 0 Å². The van der Waals surface area contributed by atoms with Crippen LogP contribution in [0.2, 0.25) is 0 Å². The van der Waals surface area contributed by atoms with Gasteiger partial charge in [0.05, 0.1) is 12.6 Å². The van der Waals surface area contributed by atoms with Crippen molar-refractivity contribution >= 4 is 12.0 Å². The minimum Gasteiger partial charge on any atom is -0.493 e. The summed E-state index contributed by atoms with van der Waals surface area (Å²) in [6.07, 6.45) is 4.21. The van der Waals surface area contributed by atoms with Crippen molar-refractivity contribution in [3.8, 4) is 5.75 Å². The number of nitrogens with one attached hydrogen (secondary N) is 1. The van der Waals surface area contributed by atoms with E-state index in [2.05, 4.69) is 5.32 Å². The third-order valence-corrected chi connectivity index (χ3v) is 3.78. The van der Waals surface area contributed by atoms with Crippen molar-refractivity contribution in [1.82, 2.24) is 5.32 Å². The smallest absolute Gasteiger partial charge is 0.244 e. The second-order valence-electron chi connectivity index (χ2n) is 5.48. The highest BCUT2D eigenvalue weighted by Gasteiger charge is 2.21. The van der Waals surface area contributed by atoms with E-state index >= 15 is 0 Å². The summed E-state index contributed by atoms with van der Waals surface area (Å²) in [4.78, 5) is 12.1. The van der Waals surface area contributed by atoms with E-state index in [1.54, 1.807) is 6.08 Å². The minimum absolute atomic E-state index is 0.0140. The third-order valence-electron chi connectivity index (χ3n) is 3.78. The van der Waals surface area contributed by atoms with Crippen molar-refractivity contribution in [3.05, 3.63) is 71.3 Å². The molecule has 112 valence electrons. The van der Waals surface area contributed by atoms with Gasteiger partial charge in [0, 0.05) is 18.1 Å². The number of ether oxygens (including phenoxy) is 1. The molecular weight excluding hydrogens is 274 g/mol. The van der Waals surface area contributed by atoms with Crippen LogP contribution < -0.4 is 10.1 Å². The van der Waals surface area contributed by atoms with Gasteiger partial charge in [-0.05, 0) is 24.6 Å². The van der Waals surface area contributed by atoms with Crippen LogP contribution in [0.1, 0.15) is 29.2 Å². The minimum atomic E-state index is -0.0812. The molecule has 0 aromatic heterocycles. The maximum absolute atomic E-state index is 12.1. The van der Waals surface area contributed by atoms with Gasteiger partial charge in [0.2, 0.25) is 5.91 Å². The van der Waals surface area contributed by atoms with E-state index in [1.165, 1.54) is 5.56 Å². The van der Waals surface area contributed by atoms with Crippen LogP contribution >= 0.6 is 0 Å². The second kappa shape index (κ2) is 6.48. The first kappa shape index (κ1) is 14.4. The summed E-state index contributed by atoms with van der Waals surface area (Å²) in [6.45, 7) is 2.67. The summed E-state index contributed by atoms with van der Waals surface area (Å²) in [6, 6.07) is 15.9. The molecule has 1 aliphatic rings. The molecule has 1 heterocycles. The summed E-state index contributed by atoms with van der Waals surface area (Å²) >= 11 is 0. The topological polar surface area (TPSA) is 38.3 Å². The number of aryl methyl sites for hydroxylation is 1. The molecule has 3 heteroatoms. The molecule has 1 unspecified atom stereocenters. The van der Waals surface area contributed by atoms with Crippen molar-refractivity contribution in [1.29, 1.82) is 0 Å². The van der Waals surface area contributed by atoms with Crippen LogP contribution in [-0.2, 0) is 4.79 Å². The largest absolute Gasteiger partial charge is 0.493 e. The Bertz CT molecular complexity index is 689. The van der Waals surface area contributed by atoms with Crippen LogP contribution in [-0.4, -0.2) is 12.5 Å². The van der Waals surface area contributed by atoms with Crippen LogP contribution in [0.3, 0.4) is 0 Å². The fourth-order valence-corrected chi connectivity index (χ4v) is 2.56. The maximum atomic E-state index is 12.1. The zero-order valence-electron chi connectivity index (χ0n) is 12.6. The number of carbonyl (C=O) groups is 1. The molecule has 3 nitrogen and oxygen atoms in total. The molecule has 0 fully saturated rings. The Balaban J connectivity index is 1.66. The van der Waals surface area contributed by atoms with E-state index in [-0.39, 0.29) is 11.9 Å². The number of amides is 1. The van der Waals surface area contributed by atoms with Gasteiger partial charge in [0.15, 0.2) is 0 Å². The van der Waals surface area contributed by atoms with Crippen LogP contribution in [0.5, 0.6) is 5.75 Å². The standard InChI is InChI=1S/C19H19NO2/c1-14-6-8-15(9-7-14)10-11-19(21)20-17-12-13-22-18-5-3-2-4-16(17)18/h2-11,17H,12-13H2,1H3,(H,20,21)/b11-10+. The average Bonchev–Trinajstić information content (AvgIpc) is 2.55. The lowest BCUT2D eigenvalue weighted by molar-refractivity contribution is -0.117. The van der Waals surface area contributed by atoms with Gasteiger partial charge < -0.3 is 10.1 Å². The number of fused-ring (bicyclic) bond motifs is 1. The molecule has 2 aromatic rings. The van der Waals surface area contributed by atoms with Gasteiger partial charge in [0.25, 0.3) is 0 Å². The van der Waals surface area contributed by atoms with Crippen LogP contribution in [0.4, 0.5) is 0 Å². The van der Waals surface area contributed by atoms with Gasteiger partial charge in [-0.3, -0.25) is 4.79 Å². The Labute approximate surface area is 130 Å². The van der Waals surface area contributed by atoms with Gasteiger partial charge in [-0.1, -0.05) is 48.0 Å². The van der Waals surface area contributed by atoms with E-state index in [1.807, 2.05) is 61.5 Å². The lowest BCUT2D eigenvalue weighted by Gasteiger charge is -2.26. The second-order valence-corrected chi connectivity index (χ2v) is 5.48. The molecule has 3 rings (SSSR count). The molecule has 0 radical (unpaired) electrons. The maximum Gasteiger partial charge on any atom is 0.244 e. The average molecular weight is 293 g/mol. The van der Waals surface area contributed by atoms with Crippen molar-refractivity contribution in [3.63, 3.8) is 0 Å². The molecule has 2 aromatic carbocycles. The molecular formula is C19H19NO2. The fraction of sp³-hybridized carbons (Fsp3) is 0.211. The summed E-state index contributed by atoms with van der Waals surface area (Å²) in [5.74, 6) is 0.781.